The van der Waals surface area contributed by atoms with Gasteiger partial charge in [-0.25, -0.2) is 0 Å². The molecule has 1 aromatic rings. The number of hydrogen-bond acceptors (Lipinski definition) is 3. The molecule has 1 aliphatic carbocycles. The van der Waals surface area contributed by atoms with Crippen LogP contribution in [0.4, 0.5) is 0 Å². The van der Waals surface area contributed by atoms with Gasteiger partial charge in [-0.1, -0.05) is 25.3 Å². The monoisotopic (exact) mass is 247 g/mol. The van der Waals surface area contributed by atoms with Gasteiger partial charge in [-0.05, 0) is 38.9 Å². The molecule has 1 heterocycles. The average Bonchev–Trinajstić information content (AvgIpc) is 2.39. The van der Waals surface area contributed by atoms with Crippen molar-refractivity contribution in [2.45, 2.75) is 51.1 Å². The minimum atomic E-state index is 0.198. The van der Waals surface area contributed by atoms with E-state index in [-0.39, 0.29) is 5.54 Å². The van der Waals surface area contributed by atoms with E-state index in [2.05, 4.69) is 29.1 Å². The summed E-state index contributed by atoms with van der Waals surface area (Å²) in [6, 6.07) is 6.24. The van der Waals surface area contributed by atoms with Gasteiger partial charge in [-0.15, -0.1) is 0 Å². The second-order valence-electron chi connectivity index (χ2n) is 5.62. The Hall–Kier alpha value is -0.930. The minimum absolute atomic E-state index is 0.198. The zero-order chi connectivity index (χ0) is 13.0. The molecule has 0 atom stereocenters. The number of aryl methyl sites for hydroxylation is 1. The molecule has 0 spiro atoms. The largest absolute Gasteiger partial charge is 0.329 e. The first-order chi connectivity index (χ1) is 8.66. The smallest absolute Gasteiger partial charge is 0.0547 e. The summed E-state index contributed by atoms with van der Waals surface area (Å²) in [5.41, 5.74) is 8.50. The number of rotatable bonds is 4. The van der Waals surface area contributed by atoms with Crippen LogP contribution in [-0.2, 0) is 6.54 Å². The van der Waals surface area contributed by atoms with Crippen molar-refractivity contribution < 1.29 is 0 Å². The van der Waals surface area contributed by atoms with E-state index in [1.807, 2.05) is 13.0 Å². The molecular formula is C15H25N3. The highest BCUT2D eigenvalue weighted by molar-refractivity contribution is 5.10. The fourth-order valence-corrected chi connectivity index (χ4v) is 3.05. The summed E-state index contributed by atoms with van der Waals surface area (Å²) in [5, 5.41) is 0. The van der Waals surface area contributed by atoms with Crippen molar-refractivity contribution in [1.82, 2.24) is 9.88 Å². The van der Waals surface area contributed by atoms with E-state index in [1.165, 1.54) is 32.1 Å². The number of nitrogens with zero attached hydrogens (tertiary/aromatic N) is 2. The van der Waals surface area contributed by atoms with Crippen molar-refractivity contribution >= 4 is 0 Å². The van der Waals surface area contributed by atoms with Gasteiger partial charge < -0.3 is 5.73 Å². The topological polar surface area (TPSA) is 42.1 Å². The second kappa shape index (κ2) is 5.81. The summed E-state index contributed by atoms with van der Waals surface area (Å²) in [6.45, 7) is 3.71. The van der Waals surface area contributed by atoms with Gasteiger partial charge in [0, 0.05) is 24.3 Å². The molecule has 1 fully saturated rings. The van der Waals surface area contributed by atoms with Crippen LogP contribution in [0.15, 0.2) is 18.2 Å². The van der Waals surface area contributed by atoms with Crippen LogP contribution in [0.5, 0.6) is 0 Å². The Morgan fingerprint density at radius 1 is 1.28 bits per heavy atom. The van der Waals surface area contributed by atoms with Crippen LogP contribution in [0.2, 0.25) is 0 Å². The van der Waals surface area contributed by atoms with Gasteiger partial charge in [-0.3, -0.25) is 9.88 Å². The number of nitrogens with two attached hydrogens (primary N) is 1. The van der Waals surface area contributed by atoms with E-state index in [1.54, 1.807) is 0 Å². The van der Waals surface area contributed by atoms with Crippen LogP contribution in [0.1, 0.15) is 43.5 Å². The Balaban J connectivity index is 2.07. The number of likely N-dealkylation sites (N-methyl/N-ethyl adjacent to an activating group) is 1. The van der Waals surface area contributed by atoms with E-state index < -0.39 is 0 Å². The van der Waals surface area contributed by atoms with Gasteiger partial charge in [0.2, 0.25) is 0 Å². The number of pyridine rings is 1. The number of hydrogen-bond donors (Lipinski definition) is 1. The van der Waals surface area contributed by atoms with E-state index in [4.69, 9.17) is 5.73 Å². The first-order valence-electron chi connectivity index (χ1n) is 7.00. The Bertz CT molecular complexity index is 383. The molecule has 1 aromatic heterocycles. The third-order valence-corrected chi connectivity index (χ3v) is 4.32. The summed E-state index contributed by atoms with van der Waals surface area (Å²) >= 11 is 0. The summed E-state index contributed by atoms with van der Waals surface area (Å²) in [7, 11) is 2.20. The molecule has 0 saturated heterocycles. The molecule has 1 saturated carbocycles. The Morgan fingerprint density at radius 2 is 2.00 bits per heavy atom. The lowest BCUT2D eigenvalue weighted by Gasteiger charge is -2.44. The van der Waals surface area contributed by atoms with Crippen molar-refractivity contribution in [1.29, 1.82) is 0 Å². The minimum Gasteiger partial charge on any atom is -0.329 e. The van der Waals surface area contributed by atoms with Crippen molar-refractivity contribution in [2.75, 3.05) is 13.6 Å². The van der Waals surface area contributed by atoms with E-state index in [0.717, 1.165) is 24.5 Å². The van der Waals surface area contributed by atoms with Crippen LogP contribution in [0.3, 0.4) is 0 Å². The van der Waals surface area contributed by atoms with Gasteiger partial charge >= 0.3 is 0 Å². The molecule has 1 aliphatic rings. The Kier molecular flexibility index (Phi) is 4.36. The zero-order valence-corrected chi connectivity index (χ0v) is 11.7. The third kappa shape index (κ3) is 2.90. The van der Waals surface area contributed by atoms with Crippen molar-refractivity contribution in [3.63, 3.8) is 0 Å². The molecule has 0 radical (unpaired) electrons. The van der Waals surface area contributed by atoms with Crippen molar-refractivity contribution in [3.05, 3.63) is 29.6 Å². The standard InChI is InChI=1S/C15H25N3/c1-13-7-6-8-14(17-13)11-18(2)15(12-16)9-4-3-5-10-15/h6-8H,3-5,9-12,16H2,1-2H3. The lowest BCUT2D eigenvalue weighted by molar-refractivity contribution is 0.0747. The van der Waals surface area contributed by atoms with Crippen LogP contribution < -0.4 is 5.73 Å². The molecule has 0 aliphatic heterocycles. The molecule has 3 nitrogen and oxygen atoms in total. The van der Waals surface area contributed by atoms with Gasteiger partial charge in [0.25, 0.3) is 0 Å². The Morgan fingerprint density at radius 3 is 2.61 bits per heavy atom. The molecule has 0 aromatic carbocycles. The first kappa shape index (κ1) is 13.5. The highest BCUT2D eigenvalue weighted by Gasteiger charge is 2.34. The highest BCUT2D eigenvalue weighted by atomic mass is 15.2. The Labute approximate surface area is 110 Å². The molecule has 3 heteroatoms. The quantitative estimate of drug-likeness (QED) is 0.889. The van der Waals surface area contributed by atoms with Crippen LogP contribution in [0, 0.1) is 6.92 Å². The normalized spacial score (nSPS) is 19.1. The number of aromatic nitrogens is 1. The van der Waals surface area contributed by atoms with Crippen molar-refractivity contribution in [3.8, 4) is 0 Å². The predicted octanol–water partition coefficient (Wildman–Crippen LogP) is 2.48. The van der Waals surface area contributed by atoms with Crippen molar-refractivity contribution in [2.24, 2.45) is 5.73 Å². The van der Waals surface area contributed by atoms with Gasteiger partial charge in [0.1, 0.15) is 0 Å². The molecular weight excluding hydrogens is 222 g/mol. The zero-order valence-electron chi connectivity index (χ0n) is 11.7. The summed E-state index contributed by atoms with van der Waals surface area (Å²) in [6.07, 6.45) is 6.43. The lowest BCUT2D eigenvalue weighted by Crippen LogP contribution is -2.52. The van der Waals surface area contributed by atoms with Crippen LogP contribution in [-0.4, -0.2) is 29.0 Å². The first-order valence-corrected chi connectivity index (χ1v) is 7.00. The van der Waals surface area contributed by atoms with Gasteiger partial charge in [0.05, 0.1) is 5.69 Å². The van der Waals surface area contributed by atoms with Gasteiger partial charge in [0.15, 0.2) is 0 Å². The van der Waals surface area contributed by atoms with E-state index in [9.17, 15) is 0 Å². The molecule has 0 unspecified atom stereocenters. The van der Waals surface area contributed by atoms with Gasteiger partial charge in [-0.2, -0.15) is 0 Å². The fourth-order valence-electron chi connectivity index (χ4n) is 3.05. The third-order valence-electron chi connectivity index (χ3n) is 4.32. The molecule has 0 bridgehead atoms. The summed E-state index contributed by atoms with van der Waals surface area (Å²) < 4.78 is 0. The predicted molar refractivity (Wildman–Crippen MR) is 75.3 cm³/mol. The maximum absolute atomic E-state index is 6.06. The summed E-state index contributed by atoms with van der Waals surface area (Å²) in [4.78, 5) is 7.02. The van der Waals surface area contributed by atoms with E-state index >= 15 is 0 Å². The lowest BCUT2D eigenvalue weighted by atomic mass is 9.80. The maximum atomic E-state index is 6.06. The molecule has 0 amide bonds. The second-order valence-corrected chi connectivity index (χ2v) is 5.62. The maximum Gasteiger partial charge on any atom is 0.0547 e. The van der Waals surface area contributed by atoms with Crippen LogP contribution >= 0.6 is 0 Å². The molecule has 2 N–H and O–H groups in total. The molecule has 2 rings (SSSR count). The van der Waals surface area contributed by atoms with E-state index in [0.29, 0.717) is 0 Å². The molecule has 100 valence electrons. The fraction of sp³-hybridized carbons (Fsp3) is 0.667. The SMILES string of the molecule is Cc1cccc(CN(C)C2(CN)CCCCC2)n1. The summed E-state index contributed by atoms with van der Waals surface area (Å²) in [5.74, 6) is 0. The average molecular weight is 247 g/mol. The molecule has 18 heavy (non-hydrogen) atoms. The highest BCUT2D eigenvalue weighted by Crippen LogP contribution is 2.32. The van der Waals surface area contributed by atoms with Crippen LogP contribution in [0.25, 0.3) is 0 Å².